The van der Waals surface area contributed by atoms with Crippen LogP contribution in [0.15, 0.2) is 48.5 Å². The standard InChI is InChI=1S/C19H18ClN3O4/c1-21-19(26)16-11-23(14-4-2-3-5-15(14)27-16)17(24)10-22-18(25)12-6-8-13(20)9-7-12/h2-9,16H,10-11H2,1H3,(H,21,26)(H,22,25)/t16-/m1/s1. The average molecular weight is 388 g/mol. The number of fused-ring (bicyclic) bond motifs is 1. The number of hydrogen-bond donors (Lipinski definition) is 2. The molecule has 0 unspecified atom stereocenters. The number of halogens is 1. The summed E-state index contributed by atoms with van der Waals surface area (Å²) in [6.07, 6.45) is -0.819. The molecule has 3 rings (SSSR count). The second-order valence-corrected chi connectivity index (χ2v) is 6.32. The van der Waals surface area contributed by atoms with Crippen LogP contribution in [0.25, 0.3) is 0 Å². The van der Waals surface area contributed by atoms with Gasteiger partial charge in [0.1, 0.15) is 5.75 Å². The van der Waals surface area contributed by atoms with Gasteiger partial charge in [0.15, 0.2) is 6.10 Å². The highest BCUT2D eigenvalue weighted by atomic mass is 35.5. The number of carbonyl (C=O) groups is 3. The zero-order chi connectivity index (χ0) is 19.4. The topological polar surface area (TPSA) is 87.7 Å². The van der Waals surface area contributed by atoms with Crippen LogP contribution in [0.2, 0.25) is 5.02 Å². The number of ether oxygens (including phenoxy) is 1. The lowest BCUT2D eigenvalue weighted by atomic mass is 10.1. The highest BCUT2D eigenvalue weighted by Gasteiger charge is 2.33. The minimum absolute atomic E-state index is 0.0618. The Bertz CT molecular complexity index is 870. The minimum Gasteiger partial charge on any atom is -0.477 e. The first kappa shape index (κ1) is 18.7. The van der Waals surface area contributed by atoms with Crippen LogP contribution in [0.1, 0.15) is 10.4 Å². The Hall–Kier alpha value is -3.06. The van der Waals surface area contributed by atoms with Crippen molar-refractivity contribution < 1.29 is 19.1 Å². The molecule has 1 aliphatic rings. The Labute approximate surface area is 161 Å². The van der Waals surface area contributed by atoms with E-state index in [2.05, 4.69) is 10.6 Å². The predicted molar refractivity (Wildman–Crippen MR) is 101 cm³/mol. The van der Waals surface area contributed by atoms with Gasteiger partial charge in [-0.3, -0.25) is 14.4 Å². The van der Waals surface area contributed by atoms with Crippen molar-refractivity contribution in [2.24, 2.45) is 0 Å². The van der Waals surface area contributed by atoms with E-state index in [1.54, 1.807) is 48.5 Å². The van der Waals surface area contributed by atoms with E-state index in [-0.39, 0.29) is 30.8 Å². The Balaban J connectivity index is 1.72. The summed E-state index contributed by atoms with van der Waals surface area (Å²) in [6.45, 7) is -0.150. The summed E-state index contributed by atoms with van der Waals surface area (Å²) in [7, 11) is 1.50. The molecule has 3 amide bonds. The number of amides is 3. The molecular weight excluding hydrogens is 370 g/mol. The SMILES string of the molecule is CNC(=O)[C@H]1CN(C(=O)CNC(=O)c2ccc(Cl)cc2)c2ccccc2O1. The Morgan fingerprint density at radius 2 is 1.85 bits per heavy atom. The van der Waals surface area contributed by atoms with Gasteiger partial charge in [-0.05, 0) is 36.4 Å². The molecular formula is C19H18ClN3O4. The van der Waals surface area contributed by atoms with Gasteiger partial charge in [-0.1, -0.05) is 23.7 Å². The first-order valence-electron chi connectivity index (χ1n) is 8.31. The molecule has 1 atom stereocenters. The van der Waals surface area contributed by atoms with Gasteiger partial charge in [0.2, 0.25) is 5.91 Å². The molecule has 0 saturated heterocycles. The molecule has 140 valence electrons. The van der Waals surface area contributed by atoms with Crippen molar-refractivity contribution in [3.63, 3.8) is 0 Å². The normalized spacial score (nSPS) is 15.3. The Morgan fingerprint density at radius 1 is 1.15 bits per heavy atom. The fourth-order valence-corrected chi connectivity index (χ4v) is 2.85. The smallest absolute Gasteiger partial charge is 0.262 e. The molecule has 0 aliphatic carbocycles. The van der Waals surface area contributed by atoms with Crippen molar-refractivity contribution in [1.29, 1.82) is 0 Å². The van der Waals surface area contributed by atoms with E-state index >= 15 is 0 Å². The molecule has 0 fully saturated rings. The average Bonchev–Trinajstić information content (AvgIpc) is 2.70. The lowest BCUT2D eigenvalue weighted by Gasteiger charge is -2.34. The lowest BCUT2D eigenvalue weighted by Crippen LogP contribution is -2.52. The number of para-hydroxylation sites is 2. The van der Waals surface area contributed by atoms with E-state index in [1.165, 1.54) is 11.9 Å². The molecule has 0 spiro atoms. The number of nitrogens with one attached hydrogen (secondary N) is 2. The van der Waals surface area contributed by atoms with Crippen LogP contribution in [-0.2, 0) is 9.59 Å². The van der Waals surface area contributed by atoms with E-state index in [4.69, 9.17) is 16.3 Å². The third-order valence-electron chi connectivity index (χ3n) is 4.12. The van der Waals surface area contributed by atoms with Crippen LogP contribution in [0.3, 0.4) is 0 Å². The zero-order valence-corrected chi connectivity index (χ0v) is 15.3. The molecule has 2 aromatic rings. The molecule has 0 saturated carbocycles. The number of hydrogen-bond acceptors (Lipinski definition) is 4. The number of likely N-dealkylation sites (N-methyl/N-ethyl adjacent to an activating group) is 1. The van der Waals surface area contributed by atoms with Crippen LogP contribution < -0.4 is 20.3 Å². The van der Waals surface area contributed by atoms with Gasteiger partial charge >= 0.3 is 0 Å². The molecule has 2 N–H and O–H groups in total. The van der Waals surface area contributed by atoms with E-state index in [9.17, 15) is 14.4 Å². The number of carbonyl (C=O) groups excluding carboxylic acids is 3. The zero-order valence-electron chi connectivity index (χ0n) is 14.6. The van der Waals surface area contributed by atoms with Gasteiger partial charge in [-0.15, -0.1) is 0 Å². The predicted octanol–water partition coefficient (Wildman–Crippen LogP) is 1.61. The number of rotatable bonds is 4. The van der Waals surface area contributed by atoms with E-state index < -0.39 is 6.10 Å². The summed E-state index contributed by atoms with van der Waals surface area (Å²) in [5.41, 5.74) is 0.959. The molecule has 0 radical (unpaired) electrons. The molecule has 8 heteroatoms. The van der Waals surface area contributed by atoms with Crippen LogP contribution in [0.5, 0.6) is 5.75 Å². The van der Waals surface area contributed by atoms with Crippen molar-refractivity contribution in [3.05, 3.63) is 59.1 Å². The Morgan fingerprint density at radius 3 is 2.56 bits per heavy atom. The van der Waals surface area contributed by atoms with E-state index in [0.717, 1.165) is 0 Å². The van der Waals surface area contributed by atoms with Crippen molar-refractivity contribution in [3.8, 4) is 5.75 Å². The molecule has 0 bridgehead atoms. The minimum atomic E-state index is -0.819. The van der Waals surface area contributed by atoms with Gasteiger partial charge < -0.3 is 20.3 Å². The maximum Gasteiger partial charge on any atom is 0.262 e. The lowest BCUT2D eigenvalue weighted by molar-refractivity contribution is -0.127. The van der Waals surface area contributed by atoms with Crippen molar-refractivity contribution in [1.82, 2.24) is 10.6 Å². The summed E-state index contributed by atoms with van der Waals surface area (Å²) in [5.74, 6) is -0.617. The van der Waals surface area contributed by atoms with Gasteiger partial charge in [-0.25, -0.2) is 0 Å². The highest BCUT2D eigenvalue weighted by Crippen LogP contribution is 2.33. The summed E-state index contributed by atoms with van der Waals surface area (Å²) >= 11 is 5.81. The third-order valence-corrected chi connectivity index (χ3v) is 4.37. The second kappa shape index (κ2) is 8.09. The first-order chi connectivity index (χ1) is 13.0. The van der Waals surface area contributed by atoms with Crippen LogP contribution >= 0.6 is 11.6 Å². The summed E-state index contributed by atoms with van der Waals surface area (Å²) in [6, 6.07) is 13.3. The van der Waals surface area contributed by atoms with Crippen molar-refractivity contribution in [2.75, 3.05) is 25.0 Å². The first-order valence-corrected chi connectivity index (χ1v) is 8.69. The monoisotopic (exact) mass is 387 g/mol. The maximum absolute atomic E-state index is 12.7. The fraction of sp³-hybridized carbons (Fsp3) is 0.211. The second-order valence-electron chi connectivity index (χ2n) is 5.88. The molecule has 2 aromatic carbocycles. The summed E-state index contributed by atoms with van der Waals surface area (Å²) in [4.78, 5) is 38.3. The van der Waals surface area contributed by atoms with Gasteiger partial charge in [0, 0.05) is 17.6 Å². The third kappa shape index (κ3) is 4.20. The highest BCUT2D eigenvalue weighted by molar-refractivity contribution is 6.30. The van der Waals surface area contributed by atoms with Gasteiger partial charge in [-0.2, -0.15) is 0 Å². The largest absolute Gasteiger partial charge is 0.477 e. The Kier molecular flexibility index (Phi) is 5.61. The van der Waals surface area contributed by atoms with E-state index in [0.29, 0.717) is 22.0 Å². The molecule has 7 nitrogen and oxygen atoms in total. The van der Waals surface area contributed by atoms with Crippen molar-refractivity contribution in [2.45, 2.75) is 6.10 Å². The van der Waals surface area contributed by atoms with Crippen molar-refractivity contribution >= 4 is 35.0 Å². The quantitative estimate of drug-likeness (QED) is 0.834. The summed E-state index contributed by atoms with van der Waals surface area (Å²) in [5, 5.41) is 5.63. The fourth-order valence-electron chi connectivity index (χ4n) is 2.72. The van der Waals surface area contributed by atoms with Crippen LogP contribution in [0.4, 0.5) is 5.69 Å². The molecule has 1 aliphatic heterocycles. The van der Waals surface area contributed by atoms with Gasteiger partial charge in [0.25, 0.3) is 11.8 Å². The number of anilines is 1. The van der Waals surface area contributed by atoms with Crippen LogP contribution in [-0.4, -0.2) is 44.0 Å². The molecule has 0 aromatic heterocycles. The number of nitrogens with zero attached hydrogens (tertiary/aromatic N) is 1. The molecule has 1 heterocycles. The summed E-state index contributed by atoms with van der Waals surface area (Å²) < 4.78 is 5.67. The van der Waals surface area contributed by atoms with Crippen LogP contribution in [0, 0.1) is 0 Å². The maximum atomic E-state index is 12.7. The van der Waals surface area contributed by atoms with Gasteiger partial charge in [0.05, 0.1) is 18.8 Å². The molecule has 27 heavy (non-hydrogen) atoms. The number of benzene rings is 2. The van der Waals surface area contributed by atoms with E-state index in [1.807, 2.05) is 0 Å².